The molecule has 0 fully saturated rings. The van der Waals surface area contributed by atoms with Crippen molar-refractivity contribution in [2.75, 3.05) is 10.7 Å². The molecule has 0 unspecified atom stereocenters. The van der Waals surface area contributed by atoms with Gasteiger partial charge in [0.1, 0.15) is 19.7 Å². The van der Waals surface area contributed by atoms with Crippen LogP contribution >= 0.6 is 31.9 Å². The second kappa shape index (κ2) is 7.65. The van der Waals surface area contributed by atoms with Crippen molar-refractivity contribution >= 4 is 50.3 Å². The fourth-order valence-electron chi connectivity index (χ4n) is 2.73. The Morgan fingerprint density at radius 2 is 1.00 bits per heavy atom. The summed E-state index contributed by atoms with van der Waals surface area (Å²) in [6.45, 7) is 0. The van der Waals surface area contributed by atoms with Gasteiger partial charge in [-0.25, -0.2) is 8.78 Å². The fourth-order valence-corrected chi connectivity index (χ4v) is 10.8. The zero-order valence-corrected chi connectivity index (χ0v) is 15.6. The first-order valence-electron chi connectivity index (χ1n) is 6.76. The van der Waals surface area contributed by atoms with E-state index in [9.17, 15) is 8.78 Å². The van der Waals surface area contributed by atoms with Crippen molar-refractivity contribution < 1.29 is 8.78 Å². The lowest BCUT2D eigenvalue weighted by atomic mass is 10.3. The van der Waals surface area contributed by atoms with Crippen LogP contribution in [-0.2, 0) is 0 Å². The van der Waals surface area contributed by atoms with E-state index in [-0.39, 0.29) is 11.6 Å². The molecule has 2 aromatic carbocycles. The average molecular weight is 434 g/mol. The van der Waals surface area contributed by atoms with Gasteiger partial charge in [0.2, 0.25) is 0 Å². The summed E-state index contributed by atoms with van der Waals surface area (Å²) < 4.78 is 26.5. The Hall–Kier alpha value is -0.523. The van der Waals surface area contributed by atoms with Crippen molar-refractivity contribution in [3.05, 3.63) is 60.2 Å². The van der Waals surface area contributed by atoms with Crippen molar-refractivity contribution in [2.24, 2.45) is 0 Å². The van der Waals surface area contributed by atoms with Crippen molar-refractivity contribution in [2.45, 2.75) is 12.1 Å². The molecule has 0 saturated carbocycles. The molecule has 0 amide bonds. The van der Waals surface area contributed by atoms with Crippen LogP contribution in [0, 0.1) is 11.6 Å². The molecule has 112 valence electrons. The van der Waals surface area contributed by atoms with Gasteiger partial charge in [-0.05, 0) is 36.4 Å². The molecule has 0 spiro atoms. The minimum atomic E-state index is -2.02. The van der Waals surface area contributed by atoms with Gasteiger partial charge in [-0.2, -0.15) is 0 Å². The predicted molar refractivity (Wildman–Crippen MR) is 95.0 cm³/mol. The van der Waals surface area contributed by atoms with E-state index in [2.05, 4.69) is 31.9 Å². The summed E-state index contributed by atoms with van der Waals surface area (Å²) in [6.07, 6.45) is 0. The zero-order valence-electron chi connectivity index (χ0n) is 11.5. The van der Waals surface area contributed by atoms with Crippen LogP contribution in [0.15, 0.2) is 48.5 Å². The van der Waals surface area contributed by atoms with Gasteiger partial charge in [-0.15, -0.1) is 0 Å². The summed E-state index contributed by atoms with van der Waals surface area (Å²) in [4.78, 5) is 0. The topological polar surface area (TPSA) is 0 Å². The Kier molecular flexibility index (Phi) is 6.14. The lowest BCUT2D eigenvalue weighted by molar-refractivity contribution is 0.628. The number of rotatable bonds is 6. The third kappa shape index (κ3) is 3.82. The van der Waals surface area contributed by atoms with E-state index < -0.39 is 8.07 Å². The number of hydrogen-bond donors (Lipinski definition) is 0. The minimum absolute atomic E-state index is 0.224. The Balaban J connectivity index is 2.56. The Morgan fingerprint density at radius 3 is 1.29 bits per heavy atom. The highest BCUT2D eigenvalue weighted by Gasteiger charge is 2.35. The first kappa shape index (κ1) is 16.8. The smallest absolute Gasteiger partial charge is 0.123 e. The molecule has 0 saturated heterocycles. The fraction of sp³-hybridized carbons (Fsp3) is 0.250. The van der Waals surface area contributed by atoms with Crippen molar-refractivity contribution in [1.82, 2.24) is 0 Å². The van der Waals surface area contributed by atoms with E-state index in [0.29, 0.717) is 0 Å². The standard InChI is InChI=1S/C16H16Br2F2Si/c17-9-11-21(12-10-18,15-5-1-13(19)2-6-15)16-7-3-14(20)4-8-16/h1-8H,9-12H2. The molecule has 0 aromatic heterocycles. The van der Waals surface area contributed by atoms with Gasteiger partial charge in [-0.1, -0.05) is 66.5 Å². The molecule has 0 N–H and O–H groups in total. The average Bonchev–Trinajstić information content (AvgIpc) is 2.48. The third-order valence-electron chi connectivity index (χ3n) is 3.84. The molecule has 0 aliphatic carbocycles. The van der Waals surface area contributed by atoms with Crippen LogP contribution in [0.3, 0.4) is 0 Å². The van der Waals surface area contributed by atoms with Gasteiger partial charge >= 0.3 is 0 Å². The van der Waals surface area contributed by atoms with Crippen molar-refractivity contribution in [3.8, 4) is 0 Å². The van der Waals surface area contributed by atoms with Crippen LogP contribution in [0.2, 0.25) is 12.1 Å². The molecule has 2 aromatic rings. The molecule has 0 aliphatic rings. The van der Waals surface area contributed by atoms with E-state index in [1.54, 1.807) is 0 Å². The summed E-state index contributed by atoms with van der Waals surface area (Å²) in [6, 6.07) is 15.6. The SMILES string of the molecule is Fc1ccc([Si](CCBr)(CCBr)c2ccc(F)cc2)cc1. The second-order valence-electron chi connectivity index (χ2n) is 4.97. The maximum atomic E-state index is 13.2. The molecule has 5 heteroatoms. The van der Waals surface area contributed by atoms with Crippen LogP contribution in [-0.4, -0.2) is 18.7 Å². The Morgan fingerprint density at radius 1 is 0.667 bits per heavy atom. The van der Waals surface area contributed by atoms with Crippen LogP contribution in [0.25, 0.3) is 0 Å². The quantitative estimate of drug-likeness (QED) is 0.470. The van der Waals surface area contributed by atoms with Gasteiger partial charge in [0.05, 0.1) is 0 Å². The lowest BCUT2D eigenvalue weighted by Crippen LogP contribution is -2.58. The summed E-state index contributed by atoms with van der Waals surface area (Å²) in [5.41, 5.74) is 0. The number of alkyl halides is 2. The predicted octanol–water partition coefficient (Wildman–Crippen LogP) is 4.32. The van der Waals surface area contributed by atoms with Gasteiger partial charge in [0.25, 0.3) is 0 Å². The third-order valence-corrected chi connectivity index (χ3v) is 11.2. The summed E-state index contributed by atoms with van der Waals surface area (Å²) >= 11 is 7.10. The normalized spacial score (nSPS) is 11.6. The Bertz CT molecular complexity index is 516. The number of benzene rings is 2. The Labute approximate surface area is 141 Å². The van der Waals surface area contributed by atoms with Gasteiger partial charge < -0.3 is 0 Å². The van der Waals surface area contributed by atoms with E-state index in [0.717, 1.165) is 22.7 Å². The van der Waals surface area contributed by atoms with Crippen LogP contribution in [0.4, 0.5) is 8.78 Å². The summed E-state index contributed by atoms with van der Waals surface area (Å²) in [5.74, 6) is -0.447. The maximum absolute atomic E-state index is 13.2. The molecular weight excluding hydrogens is 418 g/mol. The monoisotopic (exact) mass is 432 g/mol. The van der Waals surface area contributed by atoms with Gasteiger partial charge in [0.15, 0.2) is 0 Å². The summed E-state index contributed by atoms with van der Waals surface area (Å²) in [7, 11) is -2.02. The highest BCUT2D eigenvalue weighted by Crippen LogP contribution is 2.20. The van der Waals surface area contributed by atoms with Gasteiger partial charge in [0, 0.05) is 10.7 Å². The van der Waals surface area contributed by atoms with E-state index in [1.807, 2.05) is 24.3 Å². The molecule has 21 heavy (non-hydrogen) atoms. The first-order valence-corrected chi connectivity index (χ1v) is 11.4. The van der Waals surface area contributed by atoms with E-state index >= 15 is 0 Å². The van der Waals surface area contributed by atoms with E-state index in [1.165, 1.54) is 34.6 Å². The van der Waals surface area contributed by atoms with Crippen LogP contribution in [0.5, 0.6) is 0 Å². The number of halogens is 4. The molecule has 0 heterocycles. The largest absolute Gasteiger partial charge is 0.207 e. The summed E-state index contributed by atoms with van der Waals surface area (Å²) in [5, 5.41) is 4.13. The molecule has 2 rings (SSSR count). The molecule has 0 radical (unpaired) electrons. The molecule has 0 aliphatic heterocycles. The second-order valence-corrected chi connectivity index (χ2v) is 10.9. The lowest BCUT2D eigenvalue weighted by Gasteiger charge is -2.32. The van der Waals surface area contributed by atoms with Crippen molar-refractivity contribution in [1.29, 1.82) is 0 Å². The van der Waals surface area contributed by atoms with Crippen molar-refractivity contribution in [3.63, 3.8) is 0 Å². The highest BCUT2D eigenvalue weighted by molar-refractivity contribution is 9.09. The molecule has 0 nitrogen and oxygen atoms in total. The van der Waals surface area contributed by atoms with E-state index in [4.69, 9.17) is 0 Å². The first-order chi connectivity index (χ1) is 10.1. The van der Waals surface area contributed by atoms with Crippen LogP contribution in [0.1, 0.15) is 0 Å². The van der Waals surface area contributed by atoms with Crippen LogP contribution < -0.4 is 10.4 Å². The minimum Gasteiger partial charge on any atom is -0.207 e. The van der Waals surface area contributed by atoms with Gasteiger partial charge in [-0.3, -0.25) is 0 Å². The molecular formula is C16H16Br2F2Si. The maximum Gasteiger partial charge on any atom is 0.123 e. The number of hydrogen-bond acceptors (Lipinski definition) is 0. The molecule has 0 bridgehead atoms. The highest BCUT2D eigenvalue weighted by atomic mass is 79.9. The zero-order chi connectivity index (χ0) is 15.3. The molecule has 0 atom stereocenters.